The highest BCUT2D eigenvalue weighted by atomic mass is 32.2. The molecule has 0 fully saturated rings. The number of benzene rings is 3. The Morgan fingerprint density at radius 1 is 1.05 bits per heavy atom. The number of nitrogens with one attached hydrogen (secondary N) is 2. The molecule has 0 atom stereocenters. The second-order valence-corrected chi connectivity index (χ2v) is 10.2. The number of esters is 1. The molecule has 0 spiro atoms. The molecule has 4 aromatic rings. The lowest BCUT2D eigenvalue weighted by atomic mass is 10.1. The van der Waals surface area contributed by atoms with E-state index in [2.05, 4.69) is 10.5 Å². The largest absolute Gasteiger partial charge is 0.457 e. The monoisotopic (exact) mass is 534 g/mol. The smallest absolute Gasteiger partial charge is 0.340 e. The van der Waals surface area contributed by atoms with Crippen molar-refractivity contribution in [1.82, 2.24) is 9.46 Å². The Morgan fingerprint density at radius 3 is 2.47 bits per heavy atom. The topological polar surface area (TPSA) is 143 Å². The zero-order valence-corrected chi connectivity index (χ0v) is 21.6. The van der Waals surface area contributed by atoms with Crippen molar-refractivity contribution in [3.63, 3.8) is 0 Å². The van der Waals surface area contributed by atoms with E-state index in [-0.39, 0.29) is 39.4 Å². The normalized spacial score (nSPS) is 11.4. The molecule has 11 heteroatoms. The van der Waals surface area contributed by atoms with Crippen molar-refractivity contribution in [3.05, 3.63) is 89.1 Å². The van der Waals surface area contributed by atoms with E-state index < -0.39 is 21.9 Å². The number of ether oxygens (including phenoxy) is 1. The van der Waals surface area contributed by atoms with Gasteiger partial charge in [0.2, 0.25) is 10.0 Å². The van der Waals surface area contributed by atoms with Crippen LogP contribution < -0.4 is 5.32 Å². The maximum atomic E-state index is 13.2. The predicted octanol–water partition coefficient (Wildman–Crippen LogP) is 4.47. The molecule has 1 amide bonds. The van der Waals surface area contributed by atoms with Crippen LogP contribution in [0.5, 0.6) is 0 Å². The first-order valence-corrected chi connectivity index (χ1v) is 13.3. The Morgan fingerprint density at radius 2 is 1.79 bits per heavy atom. The summed E-state index contributed by atoms with van der Waals surface area (Å²) in [6.07, 6.45) is 1.07. The first kappa shape index (κ1) is 26.7. The van der Waals surface area contributed by atoms with E-state index in [1.165, 1.54) is 34.6 Å². The average molecular weight is 535 g/mol. The molecule has 4 rings (SSSR count). The van der Waals surface area contributed by atoms with Gasteiger partial charge in [0.15, 0.2) is 11.3 Å². The van der Waals surface area contributed by atoms with Crippen molar-refractivity contribution >= 4 is 44.8 Å². The molecule has 0 aliphatic carbocycles. The van der Waals surface area contributed by atoms with Crippen LogP contribution in [0.1, 0.15) is 45.8 Å². The minimum absolute atomic E-state index is 0.00599. The highest BCUT2D eigenvalue weighted by Gasteiger charge is 2.25. The molecule has 10 nitrogen and oxygen atoms in total. The van der Waals surface area contributed by atoms with Crippen LogP contribution in [0.4, 0.5) is 5.69 Å². The van der Waals surface area contributed by atoms with Crippen molar-refractivity contribution in [3.8, 4) is 0 Å². The number of carbonyl (C=O) groups excluding carboxylic acids is 2. The minimum atomic E-state index is -3.78. The first-order chi connectivity index (χ1) is 18.3. The third-order valence-corrected chi connectivity index (χ3v) is 7.94. The molecule has 1 aromatic heterocycles. The highest BCUT2D eigenvalue weighted by Crippen LogP contribution is 2.26. The van der Waals surface area contributed by atoms with Gasteiger partial charge in [-0.2, -0.15) is 4.31 Å². The van der Waals surface area contributed by atoms with E-state index in [1.807, 2.05) is 30.3 Å². The summed E-state index contributed by atoms with van der Waals surface area (Å²) in [6, 6.07) is 17.8. The third-order valence-electron chi connectivity index (χ3n) is 5.89. The Kier molecular flexibility index (Phi) is 7.99. The van der Waals surface area contributed by atoms with Gasteiger partial charge < -0.3 is 20.0 Å². The zero-order valence-electron chi connectivity index (χ0n) is 20.8. The molecule has 1 heterocycles. The lowest BCUT2D eigenvalue weighted by molar-refractivity contribution is 0.0474. The van der Waals surface area contributed by atoms with E-state index in [0.717, 1.165) is 11.8 Å². The Hall–Kier alpha value is -4.35. The summed E-state index contributed by atoms with van der Waals surface area (Å²) in [6.45, 7) is 4.10. The number of aromatic nitrogens is 1. The number of anilines is 1. The van der Waals surface area contributed by atoms with Gasteiger partial charge in [-0.1, -0.05) is 55.4 Å². The quantitative estimate of drug-likeness (QED) is 0.226. The van der Waals surface area contributed by atoms with Gasteiger partial charge in [-0.25, -0.2) is 13.2 Å². The van der Waals surface area contributed by atoms with E-state index in [9.17, 15) is 18.0 Å². The van der Waals surface area contributed by atoms with Crippen molar-refractivity contribution in [2.45, 2.75) is 25.3 Å². The lowest BCUT2D eigenvalue weighted by Gasteiger charge is -2.18. The van der Waals surface area contributed by atoms with Crippen LogP contribution in [-0.4, -0.2) is 49.1 Å². The van der Waals surface area contributed by atoms with E-state index in [1.54, 1.807) is 19.9 Å². The summed E-state index contributed by atoms with van der Waals surface area (Å²) in [5.41, 5.74) is 1.51. The molecule has 0 saturated heterocycles. The van der Waals surface area contributed by atoms with Crippen molar-refractivity contribution in [2.75, 3.05) is 18.4 Å². The molecule has 0 aliphatic rings. The summed E-state index contributed by atoms with van der Waals surface area (Å²) in [5, 5.41) is 14.2. The van der Waals surface area contributed by atoms with Crippen LogP contribution in [0, 0.1) is 5.41 Å². The van der Waals surface area contributed by atoms with Crippen molar-refractivity contribution in [1.29, 1.82) is 5.41 Å². The predicted molar refractivity (Wildman–Crippen MR) is 142 cm³/mol. The first-order valence-electron chi connectivity index (χ1n) is 11.8. The summed E-state index contributed by atoms with van der Waals surface area (Å²) < 4.78 is 37.9. The van der Waals surface area contributed by atoms with Gasteiger partial charge in [-0.05, 0) is 41.5 Å². The van der Waals surface area contributed by atoms with Crippen LogP contribution in [0.25, 0.3) is 11.0 Å². The number of rotatable bonds is 10. The molecule has 38 heavy (non-hydrogen) atoms. The van der Waals surface area contributed by atoms with Gasteiger partial charge in [0, 0.05) is 19.3 Å². The fraction of sp³-hybridized carbons (Fsp3) is 0.185. The van der Waals surface area contributed by atoms with Gasteiger partial charge >= 0.3 is 5.97 Å². The van der Waals surface area contributed by atoms with E-state index >= 15 is 0 Å². The number of nitrogens with zero attached hydrogens (tertiary/aromatic N) is 2. The van der Waals surface area contributed by atoms with Crippen LogP contribution in [0.2, 0.25) is 0 Å². The number of hydrogen-bond donors (Lipinski definition) is 2. The third kappa shape index (κ3) is 5.48. The summed E-state index contributed by atoms with van der Waals surface area (Å²) in [4.78, 5) is 26.1. The minimum Gasteiger partial charge on any atom is -0.457 e. The van der Waals surface area contributed by atoms with Gasteiger partial charge in [0.05, 0.1) is 21.5 Å². The molecule has 196 valence electrons. The second kappa shape index (κ2) is 11.4. The second-order valence-electron chi connectivity index (χ2n) is 8.24. The van der Waals surface area contributed by atoms with Crippen molar-refractivity contribution in [2.24, 2.45) is 0 Å². The van der Waals surface area contributed by atoms with Gasteiger partial charge in [0.25, 0.3) is 5.91 Å². The van der Waals surface area contributed by atoms with Crippen LogP contribution >= 0.6 is 0 Å². The lowest BCUT2D eigenvalue weighted by Crippen LogP contribution is -2.30. The molecular formula is C27H26N4O6S. The molecule has 0 unspecified atom stereocenters. The van der Waals surface area contributed by atoms with Crippen LogP contribution in [0.3, 0.4) is 0 Å². The van der Waals surface area contributed by atoms with Gasteiger partial charge in [0.1, 0.15) is 6.61 Å². The zero-order chi connectivity index (χ0) is 27.3. The maximum Gasteiger partial charge on any atom is 0.340 e. The highest BCUT2D eigenvalue weighted by molar-refractivity contribution is 7.89. The summed E-state index contributed by atoms with van der Waals surface area (Å²) in [5.74, 6) is -1.40. The molecule has 0 radical (unpaired) electrons. The standard InChI is InChI=1S/C27H26N4O6S/c1-3-31(4-2)38(34,35)20-11-13-24-22(15-20)25(30-37-24)26(32)29-23-12-10-19(16-28)14-21(23)27(33)36-17-18-8-6-5-7-9-18/h5-16,28H,3-4,17H2,1-2H3,(H,29,32). The Balaban J connectivity index is 1.63. The number of carbonyl (C=O) groups is 2. The number of hydrogen-bond acceptors (Lipinski definition) is 8. The summed E-state index contributed by atoms with van der Waals surface area (Å²) in [7, 11) is -3.78. The molecule has 0 aliphatic heterocycles. The van der Waals surface area contributed by atoms with Gasteiger partial charge in [-0.3, -0.25) is 4.79 Å². The van der Waals surface area contributed by atoms with E-state index in [4.69, 9.17) is 14.7 Å². The SMILES string of the molecule is CCN(CC)S(=O)(=O)c1ccc2onc(C(=O)Nc3ccc(C=N)cc3C(=O)OCc3ccccc3)c2c1. The Bertz CT molecular complexity index is 1590. The molecule has 3 aromatic carbocycles. The fourth-order valence-electron chi connectivity index (χ4n) is 3.87. The molecule has 2 N–H and O–H groups in total. The summed E-state index contributed by atoms with van der Waals surface area (Å²) >= 11 is 0. The number of sulfonamides is 1. The van der Waals surface area contributed by atoms with Crippen LogP contribution in [-0.2, 0) is 21.4 Å². The fourth-order valence-corrected chi connectivity index (χ4v) is 5.35. The molecule has 0 bridgehead atoms. The molecular weight excluding hydrogens is 508 g/mol. The van der Waals surface area contributed by atoms with E-state index in [0.29, 0.717) is 18.7 Å². The Labute approximate surface area is 219 Å². The number of fused-ring (bicyclic) bond motifs is 1. The molecule has 0 saturated carbocycles. The van der Waals surface area contributed by atoms with Crippen molar-refractivity contribution < 1.29 is 27.3 Å². The number of amides is 1. The van der Waals surface area contributed by atoms with Gasteiger partial charge in [-0.15, -0.1) is 0 Å². The maximum absolute atomic E-state index is 13.2. The average Bonchev–Trinajstić information content (AvgIpc) is 3.36. The van der Waals surface area contributed by atoms with Crippen LogP contribution in [0.15, 0.2) is 76.1 Å².